The van der Waals surface area contributed by atoms with Crippen LogP contribution in [-0.2, 0) is 16.0 Å². The van der Waals surface area contributed by atoms with Crippen LogP contribution in [0.5, 0.6) is 0 Å². The molecule has 0 spiro atoms. The number of ether oxygens (including phenoxy) is 1. The van der Waals surface area contributed by atoms with Gasteiger partial charge in [-0.15, -0.1) is 0 Å². The quantitative estimate of drug-likeness (QED) is 0.763. The van der Waals surface area contributed by atoms with Crippen LogP contribution in [0.25, 0.3) is 0 Å². The molecule has 1 atom stereocenters. The summed E-state index contributed by atoms with van der Waals surface area (Å²) in [4.78, 5) is 11.2. The van der Waals surface area contributed by atoms with Gasteiger partial charge in [0.2, 0.25) is 0 Å². The molecular weight excluding hydrogens is 233 g/mol. The van der Waals surface area contributed by atoms with Crippen LogP contribution in [0.3, 0.4) is 0 Å². The molecule has 0 aliphatic rings. The first-order chi connectivity index (χ1) is 7.60. The molecule has 0 N–H and O–H groups in total. The van der Waals surface area contributed by atoms with Crippen LogP contribution in [0.2, 0.25) is 5.02 Å². The zero-order valence-electron chi connectivity index (χ0n) is 8.54. The maximum absolute atomic E-state index is 13.4. The summed E-state index contributed by atoms with van der Waals surface area (Å²) >= 11 is 5.78. The highest BCUT2D eigenvalue weighted by Crippen LogP contribution is 2.22. The van der Waals surface area contributed by atoms with Crippen LogP contribution < -0.4 is 0 Å². The van der Waals surface area contributed by atoms with Crippen molar-refractivity contribution in [2.45, 2.75) is 6.42 Å². The first-order valence-electron chi connectivity index (χ1n) is 4.50. The largest absolute Gasteiger partial charge is 0.468 e. The number of rotatable bonds is 3. The van der Waals surface area contributed by atoms with Crippen LogP contribution in [0.1, 0.15) is 5.56 Å². The number of methoxy groups -OCH3 is 1. The Bertz CT molecular complexity index is 422. The maximum atomic E-state index is 13.4. The van der Waals surface area contributed by atoms with E-state index in [2.05, 4.69) is 4.74 Å². The number of carbonyl (C=O) groups excluding carboxylic acids is 1. The number of carbonyl (C=O) groups is 1. The van der Waals surface area contributed by atoms with E-state index in [9.17, 15) is 9.18 Å². The standard InChI is InChI=1S/C11H9ClFNO2/c1-16-11(15)7(6-14)5-8-9(12)3-2-4-10(8)13/h2-4,7H,5H2,1H3. The summed E-state index contributed by atoms with van der Waals surface area (Å²) in [6.45, 7) is 0. The minimum absolute atomic E-state index is 0.0886. The molecule has 84 valence electrons. The molecule has 0 saturated heterocycles. The summed E-state index contributed by atoms with van der Waals surface area (Å²) in [6, 6.07) is 5.95. The molecule has 0 saturated carbocycles. The van der Waals surface area contributed by atoms with Gasteiger partial charge in [0.15, 0.2) is 0 Å². The van der Waals surface area contributed by atoms with Gasteiger partial charge in [-0.25, -0.2) is 4.39 Å². The number of nitrogens with zero attached hydrogens (tertiary/aromatic N) is 1. The van der Waals surface area contributed by atoms with Gasteiger partial charge in [-0.1, -0.05) is 17.7 Å². The van der Waals surface area contributed by atoms with Crippen molar-refractivity contribution >= 4 is 17.6 Å². The van der Waals surface area contributed by atoms with Gasteiger partial charge in [0.05, 0.1) is 13.2 Å². The lowest BCUT2D eigenvalue weighted by molar-refractivity contribution is -0.143. The van der Waals surface area contributed by atoms with Gasteiger partial charge in [0, 0.05) is 17.0 Å². The monoisotopic (exact) mass is 241 g/mol. The van der Waals surface area contributed by atoms with Crippen LogP contribution in [0.4, 0.5) is 4.39 Å². The SMILES string of the molecule is COC(=O)C(C#N)Cc1c(F)cccc1Cl. The fraction of sp³-hybridized carbons (Fsp3) is 0.273. The van der Waals surface area contributed by atoms with Gasteiger partial charge < -0.3 is 4.74 Å². The Morgan fingerprint density at radius 2 is 2.38 bits per heavy atom. The van der Waals surface area contributed by atoms with Crippen molar-refractivity contribution in [3.05, 3.63) is 34.6 Å². The second-order valence-corrected chi connectivity index (χ2v) is 3.52. The van der Waals surface area contributed by atoms with Gasteiger partial charge in [-0.3, -0.25) is 4.79 Å². The van der Waals surface area contributed by atoms with E-state index in [1.165, 1.54) is 25.3 Å². The van der Waals surface area contributed by atoms with E-state index in [1.54, 1.807) is 6.07 Å². The zero-order chi connectivity index (χ0) is 12.1. The molecule has 1 aromatic rings. The number of nitriles is 1. The van der Waals surface area contributed by atoms with Crippen molar-refractivity contribution in [3.8, 4) is 6.07 Å². The minimum atomic E-state index is -1.04. The van der Waals surface area contributed by atoms with E-state index in [4.69, 9.17) is 16.9 Å². The van der Waals surface area contributed by atoms with E-state index in [-0.39, 0.29) is 17.0 Å². The van der Waals surface area contributed by atoms with Crippen molar-refractivity contribution < 1.29 is 13.9 Å². The summed E-state index contributed by atoms with van der Waals surface area (Å²) in [5.41, 5.74) is 0.154. The Morgan fingerprint density at radius 3 is 2.88 bits per heavy atom. The van der Waals surface area contributed by atoms with E-state index in [1.807, 2.05) is 0 Å². The predicted molar refractivity (Wildman–Crippen MR) is 56.2 cm³/mol. The van der Waals surface area contributed by atoms with Crippen molar-refractivity contribution in [3.63, 3.8) is 0 Å². The Kier molecular flexibility index (Phi) is 4.27. The molecule has 1 unspecified atom stereocenters. The second kappa shape index (κ2) is 5.47. The molecule has 0 radical (unpaired) electrons. The third-order valence-electron chi connectivity index (χ3n) is 2.11. The number of hydrogen-bond donors (Lipinski definition) is 0. The molecule has 3 nitrogen and oxygen atoms in total. The van der Waals surface area contributed by atoms with Crippen LogP contribution in [0.15, 0.2) is 18.2 Å². The molecule has 1 rings (SSSR count). The molecule has 0 aliphatic carbocycles. The molecule has 0 bridgehead atoms. The lowest BCUT2D eigenvalue weighted by Crippen LogP contribution is -2.17. The third-order valence-corrected chi connectivity index (χ3v) is 2.47. The second-order valence-electron chi connectivity index (χ2n) is 3.11. The molecule has 0 aliphatic heterocycles. The molecule has 1 aromatic carbocycles. The normalized spacial score (nSPS) is 11.6. The van der Waals surface area contributed by atoms with Gasteiger partial charge in [-0.05, 0) is 12.1 Å². The fourth-order valence-corrected chi connectivity index (χ4v) is 1.50. The average Bonchev–Trinajstić information content (AvgIpc) is 2.28. The molecule has 0 aromatic heterocycles. The zero-order valence-corrected chi connectivity index (χ0v) is 9.29. The van der Waals surface area contributed by atoms with Crippen molar-refractivity contribution in [1.29, 1.82) is 5.26 Å². The van der Waals surface area contributed by atoms with Gasteiger partial charge in [-0.2, -0.15) is 5.26 Å². The van der Waals surface area contributed by atoms with Crippen LogP contribution >= 0.6 is 11.6 Å². The Labute approximate surface area is 97.4 Å². The molecule has 16 heavy (non-hydrogen) atoms. The number of esters is 1. The molecule has 0 heterocycles. The third kappa shape index (κ3) is 2.71. The summed E-state index contributed by atoms with van der Waals surface area (Å²) < 4.78 is 17.8. The van der Waals surface area contributed by atoms with E-state index in [0.29, 0.717) is 0 Å². The predicted octanol–water partition coefficient (Wildman–Crippen LogP) is 2.33. The molecule has 0 fully saturated rings. The highest BCUT2D eigenvalue weighted by molar-refractivity contribution is 6.31. The highest BCUT2D eigenvalue weighted by Gasteiger charge is 2.22. The van der Waals surface area contributed by atoms with Gasteiger partial charge in [0.1, 0.15) is 11.7 Å². The van der Waals surface area contributed by atoms with Crippen LogP contribution in [0, 0.1) is 23.1 Å². The van der Waals surface area contributed by atoms with Crippen molar-refractivity contribution in [1.82, 2.24) is 0 Å². The Balaban J connectivity index is 2.95. The summed E-state index contributed by atoms with van der Waals surface area (Å²) in [5.74, 6) is -2.27. The highest BCUT2D eigenvalue weighted by atomic mass is 35.5. The first-order valence-corrected chi connectivity index (χ1v) is 4.88. The summed E-state index contributed by atoms with van der Waals surface area (Å²) in [6.07, 6.45) is -0.0886. The van der Waals surface area contributed by atoms with Crippen molar-refractivity contribution in [2.24, 2.45) is 5.92 Å². The summed E-state index contributed by atoms with van der Waals surface area (Å²) in [5, 5.41) is 8.95. The molecule has 5 heteroatoms. The van der Waals surface area contributed by atoms with E-state index >= 15 is 0 Å². The molecule has 0 amide bonds. The van der Waals surface area contributed by atoms with E-state index in [0.717, 1.165) is 0 Å². The van der Waals surface area contributed by atoms with Gasteiger partial charge >= 0.3 is 5.97 Å². The van der Waals surface area contributed by atoms with E-state index < -0.39 is 17.7 Å². The molecular formula is C11H9ClFNO2. The van der Waals surface area contributed by atoms with Crippen molar-refractivity contribution in [2.75, 3.05) is 7.11 Å². The number of benzene rings is 1. The maximum Gasteiger partial charge on any atom is 0.323 e. The number of halogens is 2. The summed E-state index contributed by atoms with van der Waals surface area (Å²) in [7, 11) is 1.18. The van der Waals surface area contributed by atoms with Crippen LogP contribution in [-0.4, -0.2) is 13.1 Å². The lowest BCUT2D eigenvalue weighted by atomic mass is 10.0. The Morgan fingerprint density at radius 1 is 1.69 bits per heavy atom. The number of hydrogen-bond acceptors (Lipinski definition) is 3. The Hall–Kier alpha value is -1.60. The minimum Gasteiger partial charge on any atom is -0.468 e. The fourth-order valence-electron chi connectivity index (χ4n) is 1.26. The lowest BCUT2D eigenvalue weighted by Gasteiger charge is -2.09. The average molecular weight is 242 g/mol. The smallest absolute Gasteiger partial charge is 0.323 e. The topological polar surface area (TPSA) is 50.1 Å². The van der Waals surface area contributed by atoms with Gasteiger partial charge in [0.25, 0.3) is 0 Å². The first kappa shape index (κ1) is 12.5.